The average Bonchev–Trinajstić information content (AvgIpc) is 2.42. The third-order valence-electron chi connectivity index (χ3n) is 3.05. The number of hydrogen-bond acceptors (Lipinski definition) is 1. The summed E-state index contributed by atoms with van der Waals surface area (Å²) in [6.45, 7) is 0. The van der Waals surface area contributed by atoms with E-state index in [1.165, 1.54) is 36.4 Å². The third kappa shape index (κ3) is 4.40. The summed E-state index contributed by atoms with van der Waals surface area (Å²) in [5, 5.41) is 0. The minimum Gasteiger partial charge on any atom is -0.299 e. The number of benzene rings is 2. The second-order valence-corrected chi connectivity index (χ2v) is 5.68. The number of hydrogen-bond donors (Lipinski definition) is 0. The molecule has 0 aromatic heterocycles. The summed E-state index contributed by atoms with van der Waals surface area (Å²) in [7, 11) is 0. The molecule has 1 nitrogen and oxygen atoms in total. The summed E-state index contributed by atoms with van der Waals surface area (Å²) in [5.41, 5.74) is 0.113. The Balaban J connectivity index is 2.10. The Labute approximate surface area is 133 Å². The van der Waals surface area contributed by atoms with Crippen molar-refractivity contribution in [3.63, 3.8) is 0 Å². The van der Waals surface area contributed by atoms with Gasteiger partial charge in [0.15, 0.2) is 0 Å². The minimum absolute atomic E-state index is 0.0533. The number of alkyl halides is 3. The van der Waals surface area contributed by atoms with Gasteiger partial charge in [0.05, 0.1) is 5.56 Å². The van der Waals surface area contributed by atoms with Crippen LogP contribution in [0.1, 0.15) is 16.7 Å². The first-order valence-electron chi connectivity index (χ1n) is 6.37. The van der Waals surface area contributed by atoms with Crippen LogP contribution in [0.15, 0.2) is 46.9 Å². The zero-order valence-electron chi connectivity index (χ0n) is 11.3. The van der Waals surface area contributed by atoms with Crippen molar-refractivity contribution in [3.8, 4) is 0 Å². The minimum atomic E-state index is -4.48. The Morgan fingerprint density at radius 1 is 0.955 bits per heavy atom. The molecule has 0 spiro atoms. The van der Waals surface area contributed by atoms with Crippen molar-refractivity contribution in [1.82, 2.24) is 0 Å². The number of carbonyl (C=O) groups is 1. The van der Waals surface area contributed by atoms with Crippen molar-refractivity contribution in [2.24, 2.45) is 0 Å². The molecule has 0 aliphatic carbocycles. The average molecular weight is 375 g/mol. The zero-order valence-corrected chi connectivity index (χ0v) is 12.8. The molecule has 0 atom stereocenters. The molecular formula is C16H11BrF4O. The largest absolute Gasteiger partial charge is 0.417 e. The lowest BCUT2D eigenvalue weighted by atomic mass is 10.0. The number of carbonyl (C=O) groups excluding carboxylic acids is 1. The van der Waals surface area contributed by atoms with Crippen LogP contribution < -0.4 is 0 Å². The number of Topliss-reactive ketones (excluding diaryl/α,β-unsaturated/α-hetero) is 1. The molecule has 0 radical (unpaired) electrons. The SMILES string of the molecule is O=C(Cc1ccc(F)cc1)Cc1ccc(Br)c(C(F)(F)F)c1. The van der Waals surface area contributed by atoms with Crippen LogP contribution >= 0.6 is 15.9 Å². The van der Waals surface area contributed by atoms with Gasteiger partial charge in [0.1, 0.15) is 11.6 Å². The summed E-state index contributed by atoms with van der Waals surface area (Å²) in [5.74, 6) is -0.638. The molecule has 0 aliphatic heterocycles. The first-order chi connectivity index (χ1) is 10.3. The molecule has 116 valence electrons. The topological polar surface area (TPSA) is 17.1 Å². The maximum atomic E-state index is 12.8. The molecule has 0 aliphatic rings. The summed E-state index contributed by atoms with van der Waals surface area (Å²) in [4.78, 5) is 11.9. The fourth-order valence-corrected chi connectivity index (χ4v) is 2.49. The third-order valence-corrected chi connectivity index (χ3v) is 3.74. The van der Waals surface area contributed by atoms with E-state index in [1.807, 2.05) is 0 Å². The van der Waals surface area contributed by atoms with Crippen LogP contribution in [0, 0.1) is 5.82 Å². The van der Waals surface area contributed by atoms with E-state index in [4.69, 9.17) is 0 Å². The van der Waals surface area contributed by atoms with Gasteiger partial charge in [-0.05, 0) is 35.4 Å². The van der Waals surface area contributed by atoms with Gasteiger partial charge < -0.3 is 0 Å². The molecule has 0 heterocycles. The molecule has 6 heteroatoms. The maximum absolute atomic E-state index is 12.8. The van der Waals surface area contributed by atoms with Crippen molar-refractivity contribution in [2.45, 2.75) is 19.0 Å². The molecule has 0 unspecified atom stereocenters. The van der Waals surface area contributed by atoms with Crippen molar-refractivity contribution in [2.75, 3.05) is 0 Å². The second kappa shape index (κ2) is 6.60. The van der Waals surface area contributed by atoms with Crippen molar-refractivity contribution >= 4 is 21.7 Å². The van der Waals surface area contributed by atoms with Gasteiger partial charge in [-0.2, -0.15) is 13.2 Å². The maximum Gasteiger partial charge on any atom is 0.417 e. The van der Waals surface area contributed by atoms with Crippen LogP contribution in [0.5, 0.6) is 0 Å². The van der Waals surface area contributed by atoms with Gasteiger partial charge in [-0.3, -0.25) is 4.79 Å². The lowest BCUT2D eigenvalue weighted by molar-refractivity contribution is -0.138. The van der Waals surface area contributed by atoms with Gasteiger partial charge in [-0.1, -0.05) is 34.1 Å². The van der Waals surface area contributed by atoms with E-state index in [0.29, 0.717) is 11.1 Å². The molecule has 0 amide bonds. The summed E-state index contributed by atoms with van der Waals surface area (Å²) >= 11 is 2.85. The van der Waals surface area contributed by atoms with E-state index in [-0.39, 0.29) is 23.1 Å². The highest BCUT2D eigenvalue weighted by molar-refractivity contribution is 9.10. The standard InChI is InChI=1S/C16H11BrF4O/c17-15-6-3-11(9-14(15)16(19,20)21)8-13(22)7-10-1-4-12(18)5-2-10/h1-6,9H,7-8H2. The van der Waals surface area contributed by atoms with Gasteiger partial charge in [0.2, 0.25) is 0 Å². The van der Waals surface area contributed by atoms with Gasteiger partial charge in [-0.25, -0.2) is 4.39 Å². The Morgan fingerprint density at radius 3 is 2.09 bits per heavy atom. The summed E-state index contributed by atoms with van der Waals surface area (Å²) < 4.78 is 51.1. The van der Waals surface area contributed by atoms with E-state index < -0.39 is 17.6 Å². The lowest BCUT2D eigenvalue weighted by Crippen LogP contribution is -2.10. The van der Waals surface area contributed by atoms with E-state index in [0.717, 1.165) is 6.07 Å². The van der Waals surface area contributed by atoms with Crippen molar-refractivity contribution in [1.29, 1.82) is 0 Å². The van der Waals surface area contributed by atoms with Crippen LogP contribution in [-0.2, 0) is 23.8 Å². The smallest absolute Gasteiger partial charge is 0.299 e. The quantitative estimate of drug-likeness (QED) is 0.691. The van der Waals surface area contributed by atoms with Crippen LogP contribution in [0.4, 0.5) is 17.6 Å². The molecule has 0 N–H and O–H groups in total. The van der Waals surface area contributed by atoms with Gasteiger partial charge >= 0.3 is 6.18 Å². The Hall–Kier alpha value is -1.69. The molecule has 2 rings (SSSR count). The predicted octanol–water partition coefficient (Wildman–Crippen LogP) is 4.96. The molecule has 2 aromatic rings. The van der Waals surface area contributed by atoms with E-state index in [9.17, 15) is 22.4 Å². The monoisotopic (exact) mass is 374 g/mol. The van der Waals surface area contributed by atoms with Gasteiger partial charge in [0.25, 0.3) is 0 Å². The molecule has 22 heavy (non-hydrogen) atoms. The molecule has 2 aromatic carbocycles. The normalized spacial score (nSPS) is 11.5. The highest BCUT2D eigenvalue weighted by Crippen LogP contribution is 2.35. The summed E-state index contributed by atoms with van der Waals surface area (Å²) in [6.07, 6.45) is -4.53. The number of ketones is 1. The molecular weight excluding hydrogens is 364 g/mol. The molecule has 0 saturated heterocycles. The van der Waals surface area contributed by atoms with Crippen LogP contribution in [0.25, 0.3) is 0 Å². The van der Waals surface area contributed by atoms with E-state index in [1.54, 1.807) is 0 Å². The van der Waals surface area contributed by atoms with Gasteiger partial charge in [0, 0.05) is 17.3 Å². The van der Waals surface area contributed by atoms with Crippen molar-refractivity contribution < 1.29 is 22.4 Å². The second-order valence-electron chi connectivity index (χ2n) is 4.83. The van der Waals surface area contributed by atoms with Gasteiger partial charge in [-0.15, -0.1) is 0 Å². The molecule has 0 bridgehead atoms. The van der Waals surface area contributed by atoms with Crippen LogP contribution in [-0.4, -0.2) is 5.78 Å². The first kappa shape index (κ1) is 16.7. The Morgan fingerprint density at radius 2 is 1.50 bits per heavy atom. The highest BCUT2D eigenvalue weighted by atomic mass is 79.9. The predicted molar refractivity (Wildman–Crippen MR) is 78.0 cm³/mol. The fourth-order valence-electron chi connectivity index (χ4n) is 2.02. The first-order valence-corrected chi connectivity index (χ1v) is 7.17. The number of rotatable bonds is 4. The number of halogens is 5. The Bertz CT molecular complexity index is 678. The van der Waals surface area contributed by atoms with Crippen molar-refractivity contribution in [3.05, 3.63) is 69.4 Å². The van der Waals surface area contributed by atoms with E-state index >= 15 is 0 Å². The highest BCUT2D eigenvalue weighted by Gasteiger charge is 2.33. The zero-order chi connectivity index (χ0) is 16.3. The summed E-state index contributed by atoms with van der Waals surface area (Å²) in [6, 6.07) is 9.16. The van der Waals surface area contributed by atoms with Crippen LogP contribution in [0.3, 0.4) is 0 Å². The fraction of sp³-hybridized carbons (Fsp3) is 0.188. The van der Waals surface area contributed by atoms with Crippen LogP contribution in [0.2, 0.25) is 0 Å². The van der Waals surface area contributed by atoms with E-state index in [2.05, 4.69) is 15.9 Å². The molecule has 0 saturated carbocycles. The Kier molecular flexibility index (Phi) is 5.01. The lowest BCUT2D eigenvalue weighted by Gasteiger charge is -2.11. The molecule has 0 fully saturated rings.